The van der Waals surface area contributed by atoms with Gasteiger partial charge in [0.15, 0.2) is 0 Å². The zero-order chi connectivity index (χ0) is 19.8. The fourth-order valence-corrected chi connectivity index (χ4v) is 3.31. The molecule has 1 atom stereocenters. The second-order valence-electron chi connectivity index (χ2n) is 7.27. The van der Waals surface area contributed by atoms with E-state index in [0.29, 0.717) is 6.04 Å². The number of fused-ring (bicyclic) bond motifs is 1. The molecule has 2 amide bonds. The molecule has 3 aromatic rings. The lowest BCUT2D eigenvalue weighted by Gasteiger charge is -2.14. The van der Waals surface area contributed by atoms with Gasteiger partial charge in [-0.15, -0.1) is 0 Å². The van der Waals surface area contributed by atoms with Gasteiger partial charge < -0.3 is 16.4 Å². The molecule has 0 radical (unpaired) electrons. The molecule has 5 heteroatoms. The number of carbonyl (C=O) groups is 1. The number of anilines is 1. The number of nitrogens with zero attached hydrogens (tertiary/aromatic N) is 1. The second kappa shape index (κ2) is 9.85. The second-order valence-corrected chi connectivity index (χ2v) is 7.27. The van der Waals surface area contributed by atoms with Gasteiger partial charge in [0.25, 0.3) is 0 Å². The number of rotatable bonds is 9. The maximum atomic E-state index is 10.8. The van der Waals surface area contributed by atoms with Crippen molar-refractivity contribution in [2.75, 3.05) is 5.32 Å². The lowest BCUT2D eigenvalue weighted by Crippen LogP contribution is -2.25. The maximum absolute atomic E-state index is 10.8. The van der Waals surface area contributed by atoms with Crippen LogP contribution < -0.4 is 16.4 Å². The summed E-state index contributed by atoms with van der Waals surface area (Å²) in [6.07, 6.45) is 8.26. The van der Waals surface area contributed by atoms with E-state index in [2.05, 4.69) is 46.8 Å². The van der Waals surface area contributed by atoms with E-state index in [4.69, 9.17) is 5.73 Å². The first kappa shape index (κ1) is 19.8. The van der Waals surface area contributed by atoms with Gasteiger partial charge in [0.2, 0.25) is 0 Å². The fourth-order valence-electron chi connectivity index (χ4n) is 3.31. The van der Waals surface area contributed by atoms with Crippen LogP contribution in [-0.2, 0) is 13.0 Å². The minimum atomic E-state index is -0.532. The first-order valence-electron chi connectivity index (χ1n) is 9.81. The molecule has 28 heavy (non-hydrogen) atoms. The van der Waals surface area contributed by atoms with E-state index in [1.165, 1.54) is 28.3 Å². The Balaban J connectivity index is 1.36. The molecule has 0 unspecified atom stereocenters. The molecule has 0 aliphatic rings. The number of nitrogens with two attached hydrogens (primary N) is 1. The predicted octanol–water partition coefficient (Wildman–Crippen LogP) is 4.62. The Morgan fingerprint density at radius 3 is 2.61 bits per heavy atom. The summed E-state index contributed by atoms with van der Waals surface area (Å²) in [5.41, 5.74) is 8.43. The normalized spacial score (nSPS) is 12.0. The molecule has 146 valence electrons. The number of hydrogen-bond acceptors (Lipinski definition) is 3. The molecule has 0 aliphatic carbocycles. The van der Waals surface area contributed by atoms with Crippen molar-refractivity contribution in [3.8, 4) is 0 Å². The molecule has 5 nitrogen and oxygen atoms in total. The number of nitrogens with one attached hydrogen (secondary N) is 2. The van der Waals surface area contributed by atoms with E-state index >= 15 is 0 Å². The van der Waals surface area contributed by atoms with Crippen molar-refractivity contribution in [1.29, 1.82) is 0 Å². The van der Waals surface area contributed by atoms with Gasteiger partial charge in [0.1, 0.15) is 0 Å². The number of hydrogen-bond donors (Lipinski definition) is 3. The van der Waals surface area contributed by atoms with E-state index in [-0.39, 0.29) is 0 Å². The molecule has 0 bridgehead atoms. The van der Waals surface area contributed by atoms with E-state index in [1.807, 2.05) is 36.7 Å². The molecule has 1 heterocycles. The van der Waals surface area contributed by atoms with Crippen LogP contribution in [0.3, 0.4) is 0 Å². The summed E-state index contributed by atoms with van der Waals surface area (Å²) < 4.78 is 0. The van der Waals surface area contributed by atoms with Crippen molar-refractivity contribution in [2.45, 2.75) is 45.2 Å². The number of amides is 2. The van der Waals surface area contributed by atoms with Crippen LogP contribution in [0.2, 0.25) is 0 Å². The lowest BCUT2D eigenvalue weighted by atomic mass is 10.0. The number of urea groups is 1. The smallest absolute Gasteiger partial charge is 0.316 e. The summed E-state index contributed by atoms with van der Waals surface area (Å²) >= 11 is 0. The Morgan fingerprint density at radius 2 is 1.82 bits per heavy atom. The zero-order valence-electron chi connectivity index (χ0n) is 16.3. The lowest BCUT2D eigenvalue weighted by molar-refractivity contribution is 0.259. The summed E-state index contributed by atoms with van der Waals surface area (Å²) in [7, 11) is 0. The Morgan fingerprint density at radius 1 is 1.04 bits per heavy atom. The molecule has 2 aromatic carbocycles. The average molecular weight is 377 g/mol. The zero-order valence-corrected chi connectivity index (χ0v) is 16.3. The highest BCUT2D eigenvalue weighted by atomic mass is 16.2. The van der Waals surface area contributed by atoms with E-state index in [9.17, 15) is 4.79 Å². The third kappa shape index (κ3) is 6.06. The molecule has 1 aromatic heterocycles. The van der Waals surface area contributed by atoms with Crippen LogP contribution in [0.5, 0.6) is 0 Å². The van der Waals surface area contributed by atoms with Gasteiger partial charge >= 0.3 is 6.03 Å². The quantitative estimate of drug-likeness (QED) is 0.477. The number of primary amides is 1. The Bertz CT molecular complexity index is 908. The third-order valence-corrected chi connectivity index (χ3v) is 4.93. The van der Waals surface area contributed by atoms with Gasteiger partial charge in [0.05, 0.1) is 0 Å². The van der Waals surface area contributed by atoms with Gasteiger partial charge in [-0.25, -0.2) is 4.79 Å². The summed E-state index contributed by atoms with van der Waals surface area (Å²) in [6.45, 7) is 3.13. The Hall–Kier alpha value is -2.92. The minimum Gasteiger partial charge on any atom is -0.351 e. The van der Waals surface area contributed by atoms with Gasteiger partial charge in [-0.1, -0.05) is 30.7 Å². The first-order valence-corrected chi connectivity index (χ1v) is 9.81. The number of benzene rings is 2. The SMILES string of the molecule is C[C@H](CCCCc1ccc(NC(N)=O)cc1)NCc1ccc2cnccc2c1. The molecule has 3 rings (SSSR count). The van der Waals surface area contributed by atoms with E-state index < -0.39 is 6.03 Å². The number of pyridine rings is 1. The predicted molar refractivity (Wildman–Crippen MR) is 115 cm³/mol. The fraction of sp³-hybridized carbons (Fsp3) is 0.304. The Kier molecular flexibility index (Phi) is 6.98. The summed E-state index contributed by atoms with van der Waals surface area (Å²) in [5, 5.41) is 8.61. The van der Waals surface area contributed by atoms with Gasteiger partial charge in [-0.05, 0) is 67.0 Å². The summed E-state index contributed by atoms with van der Waals surface area (Å²) in [6, 6.07) is 16.4. The van der Waals surface area contributed by atoms with Crippen molar-refractivity contribution >= 4 is 22.5 Å². The average Bonchev–Trinajstić information content (AvgIpc) is 2.70. The van der Waals surface area contributed by atoms with E-state index in [1.54, 1.807) is 0 Å². The maximum Gasteiger partial charge on any atom is 0.316 e. The molecule has 0 spiro atoms. The van der Waals surface area contributed by atoms with Crippen LogP contribution in [0.1, 0.15) is 37.3 Å². The molecular weight excluding hydrogens is 348 g/mol. The topological polar surface area (TPSA) is 80.0 Å². The van der Waals surface area contributed by atoms with Gasteiger partial charge in [-0.3, -0.25) is 4.98 Å². The molecule has 0 fully saturated rings. The minimum absolute atomic E-state index is 0.482. The van der Waals surface area contributed by atoms with E-state index in [0.717, 1.165) is 31.5 Å². The highest BCUT2D eigenvalue weighted by Crippen LogP contribution is 2.15. The van der Waals surface area contributed by atoms with Crippen LogP contribution in [0.4, 0.5) is 10.5 Å². The Labute approximate surface area is 166 Å². The van der Waals surface area contributed by atoms with Crippen LogP contribution in [0, 0.1) is 0 Å². The highest BCUT2D eigenvalue weighted by Gasteiger charge is 2.03. The molecular formula is C23H28N4O. The van der Waals surface area contributed by atoms with Crippen molar-refractivity contribution in [3.63, 3.8) is 0 Å². The molecule has 0 saturated carbocycles. The molecule has 0 saturated heterocycles. The van der Waals surface area contributed by atoms with Crippen molar-refractivity contribution < 1.29 is 4.79 Å². The van der Waals surface area contributed by atoms with Gasteiger partial charge in [0, 0.05) is 36.1 Å². The van der Waals surface area contributed by atoms with Crippen LogP contribution in [0.15, 0.2) is 60.9 Å². The van der Waals surface area contributed by atoms with Crippen molar-refractivity contribution in [1.82, 2.24) is 10.3 Å². The molecule has 4 N–H and O–H groups in total. The van der Waals surface area contributed by atoms with Crippen LogP contribution in [-0.4, -0.2) is 17.1 Å². The summed E-state index contributed by atoms with van der Waals surface area (Å²) in [5.74, 6) is 0. The number of aromatic nitrogens is 1. The first-order chi connectivity index (χ1) is 13.6. The third-order valence-electron chi connectivity index (χ3n) is 4.93. The number of carbonyl (C=O) groups excluding carboxylic acids is 1. The highest BCUT2D eigenvalue weighted by molar-refractivity contribution is 5.87. The van der Waals surface area contributed by atoms with Crippen LogP contribution >= 0.6 is 0 Å². The standard InChI is InChI=1S/C23H28N4O/c1-17(26-15-19-6-9-21-16-25-13-12-20(21)14-19)4-2-3-5-18-7-10-22(11-8-18)27-23(24)28/h6-14,16-17,26H,2-5,15H2,1H3,(H3,24,27,28)/t17-/m1/s1. The monoisotopic (exact) mass is 376 g/mol. The van der Waals surface area contributed by atoms with Crippen molar-refractivity contribution in [3.05, 3.63) is 72.1 Å². The van der Waals surface area contributed by atoms with Crippen molar-refractivity contribution in [2.24, 2.45) is 5.73 Å². The summed E-state index contributed by atoms with van der Waals surface area (Å²) in [4.78, 5) is 15.0. The molecule has 0 aliphatic heterocycles. The number of unbranched alkanes of at least 4 members (excludes halogenated alkanes) is 1. The van der Waals surface area contributed by atoms with Gasteiger partial charge in [-0.2, -0.15) is 0 Å². The van der Waals surface area contributed by atoms with Crippen LogP contribution in [0.25, 0.3) is 10.8 Å². The largest absolute Gasteiger partial charge is 0.351 e. The number of aryl methyl sites for hydroxylation is 1.